The van der Waals surface area contributed by atoms with Gasteiger partial charge >= 0.3 is 0 Å². The van der Waals surface area contributed by atoms with E-state index < -0.39 is 0 Å². The molecule has 2 aromatic carbocycles. The number of carbonyl (C=O) groups is 1. The Hall–Kier alpha value is -2.99. The van der Waals surface area contributed by atoms with Crippen LogP contribution in [0, 0.1) is 0 Å². The zero-order valence-electron chi connectivity index (χ0n) is 14.2. The van der Waals surface area contributed by atoms with Gasteiger partial charge in [0, 0.05) is 11.6 Å². The van der Waals surface area contributed by atoms with Crippen molar-refractivity contribution in [3.8, 4) is 0 Å². The van der Waals surface area contributed by atoms with Gasteiger partial charge in [-0.2, -0.15) is 0 Å². The van der Waals surface area contributed by atoms with Crippen LogP contribution in [0.25, 0.3) is 11.0 Å². The lowest BCUT2D eigenvalue weighted by molar-refractivity contribution is -0.124. The smallest absolute Gasteiger partial charge is 0.243 e. The first kappa shape index (κ1) is 16.5. The second-order valence-electron chi connectivity index (χ2n) is 6.04. The molecule has 2 aromatic heterocycles. The third-order valence-electron chi connectivity index (χ3n) is 4.40. The third kappa shape index (κ3) is 3.11. The van der Waals surface area contributed by atoms with Crippen LogP contribution in [0.5, 0.6) is 0 Å². The van der Waals surface area contributed by atoms with Gasteiger partial charge in [0.25, 0.3) is 0 Å². The minimum atomic E-state index is -0.381. The van der Waals surface area contributed by atoms with Crippen LogP contribution in [-0.4, -0.2) is 20.4 Å². The Morgan fingerprint density at radius 3 is 2.62 bits per heavy atom. The van der Waals surface area contributed by atoms with Crippen molar-refractivity contribution >= 4 is 28.3 Å². The molecular formula is C20H18N4OS. The maximum atomic E-state index is 13.0. The molecule has 4 rings (SSSR count). The van der Waals surface area contributed by atoms with E-state index in [0.29, 0.717) is 0 Å². The number of rotatable bonds is 5. The van der Waals surface area contributed by atoms with Crippen LogP contribution in [0.2, 0.25) is 0 Å². The summed E-state index contributed by atoms with van der Waals surface area (Å²) in [6, 6.07) is 17.1. The number of amides is 1. The molecule has 1 amide bonds. The summed E-state index contributed by atoms with van der Waals surface area (Å²) >= 11 is 1.53. The lowest BCUT2D eigenvalue weighted by atomic mass is 10.1. The molecule has 0 unspecified atom stereocenters. The van der Waals surface area contributed by atoms with Gasteiger partial charge in [0.2, 0.25) is 5.91 Å². The van der Waals surface area contributed by atoms with Gasteiger partial charge in [-0.15, -0.1) is 11.3 Å². The van der Waals surface area contributed by atoms with Crippen LogP contribution in [-0.2, 0) is 4.79 Å². The Bertz CT molecular complexity index is 1010. The van der Waals surface area contributed by atoms with Crippen molar-refractivity contribution in [1.29, 1.82) is 0 Å². The lowest BCUT2D eigenvalue weighted by Gasteiger charge is -2.21. The number of nitrogens with zero attached hydrogens (tertiary/aromatic N) is 3. The molecule has 0 saturated heterocycles. The van der Waals surface area contributed by atoms with Gasteiger partial charge < -0.3 is 9.88 Å². The average molecular weight is 362 g/mol. The molecule has 0 fully saturated rings. The van der Waals surface area contributed by atoms with E-state index in [4.69, 9.17) is 0 Å². The number of hydrogen-bond donors (Lipinski definition) is 1. The van der Waals surface area contributed by atoms with Gasteiger partial charge in [-0.1, -0.05) is 42.5 Å². The molecule has 0 saturated carbocycles. The van der Waals surface area contributed by atoms with Crippen molar-refractivity contribution in [2.75, 3.05) is 0 Å². The van der Waals surface area contributed by atoms with Crippen molar-refractivity contribution < 1.29 is 4.79 Å². The summed E-state index contributed by atoms with van der Waals surface area (Å²) in [6.07, 6.45) is 3.48. The fraction of sp³-hybridized carbons (Fsp3) is 0.150. The summed E-state index contributed by atoms with van der Waals surface area (Å²) in [7, 11) is 0. The molecule has 2 atom stereocenters. The Balaban J connectivity index is 1.62. The summed E-state index contributed by atoms with van der Waals surface area (Å²) in [4.78, 5) is 21.8. The van der Waals surface area contributed by atoms with Crippen molar-refractivity contribution in [2.45, 2.75) is 19.0 Å². The second kappa shape index (κ2) is 7.09. The Morgan fingerprint density at radius 1 is 1.08 bits per heavy atom. The van der Waals surface area contributed by atoms with Gasteiger partial charge in [-0.05, 0) is 24.6 Å². The van der Waals surface area contributed by atoms with E-state index in [1.54, 1.807) is 12.5 Å². The van der Waals surface area contributed by atoms with Crippen molar-refractivity contribution in [1.82, 2.24) is 19.9 Å². The standard InChI is InChI=1S/C20H18N4OS/c1-14(24-13-22-16-9-5-6-10-17(16)24)19(25)23-18(20-21-11-12-26-20)15-7-3-2-4-8-15/h2-14,18H,1H3,(H,23,25)/t14-,18+/m0/s1. The Labute approximate surface area is 155 Å². The average Bonchev–Trinajstić information content (AvgIpc) is 3.36. The van der Waals surface area contributed by atoms with Gasteiger partial charge in [-0.25, -0.2) is 9.97 Å². The summed E-state index contributed by atoms with van der Waals surface area (Å²) in [6.45, 7) is 1.88. The molecule has 0 spiro atoms. The molecule has 26 heavy (non-hydrogen) atoms. The monoisotopic (exact) mass is 362 g/mol. The number of imidazole rings is 1. The summed E-state index contributed by atoms with van der Waals surface area (Å²) in [5.74, 6) is -0.0720. The molecule has 0 aliphatic heterocycles. The highest BCUT2D eigenvalue weighted by atomic mass is 32.1. The van der Waals surface area contributed by atoms with E-state index in [2.05, 4.69) is 15.3 Å². The molecule has 1 N–H and O–H groups in total. The van der Waals surface area contributed by atoms with Crippen molar-refractivity contribution in [3.63, 3.8) is 0 Å². The molecule has 130 valence electrons. The minimum Gasteiger partial charge on any atom is -0.341 e. The summed E-state index contributed by atoms with van der Waals surface area (Å²) in [5.41, 5.74) is 2.84. The number of hydrogen-bond acceptors (Lipinski definition) is 4. The largest absolute Gasteiger partial charge is 0.341 e. The number of para-hydroxylation sites is 2. The van der Waals surface area contributed by atoms with E-state index in [1.807, 2.05) is 71.5 Å². The summed E-state index contributed by atoms with van der Waals surface area (Å²) < 4.78 is 1.90. The number of fused-ring (bicyclic) bond motifs is 1. The van der Waals surface area contributed by atoms with Crippen LogP contribution in [0.1, 0.15) is 29.6 Å². The highest BCUT2D eigenvalue weighted by Gasteiger charge is 2.23. The topological polar surface area (TPSA) is 59.8 Å². The zero-order chi connectivity index (χ0) is 17.9. The number of thiazole rings is 1. The van der Waals surface area contributed by atoms with Crippen LogP contribution in [0.3, 0.4) is 0 Å². The lowest BCUT2D eigenvalue weighted by Crippen LogP contribution is -2.34. The number of carbonyl (C=O) groups excluding carboxylic acids is 1. The molecule has 5 nitrogen and oxygen atoms in total. The van der Waals surface area contributed by atoms with E-state index in [-0.39, 0.29) is 18.0 Å². The van der Waals surface area contributed by atoms with Crippen LogP contribution in [0.15, 0.2) is 72.5 Å². The number of aromatic nitrogens is 3. The number of benzene rings is 2. The van der Waals surface area contributed by atoms with E-state index in [1.165, 1.54) is 11.3 Å². The Morgan fingerprint density at radius 2 is 1.85 bits per heavy atom. The fourth-order valence-electron chi connectivity index (χ4n) is 2.99. The van der Waals surface area contributed by atoms with Gasteiger partial charge in [0.1, 0.15) is 17.1 Å². The first-order valence-electron chi connectivity index (χ1n) is 8.40. The first-order valence-corrected chi connectivity index (χ1v) is 9.28. The third-order valence-corrected chi connectivity index (χ3v) is 5.24. The molecule has 2 heterocycles. The molecule has 0 aliphatic rings. The highest BCUT2D eigenvalue weighted by Crippen LogP contribution is 2.25. The van der Waals surface area contributed by atoms with E-state index in [9.17, 15) is 4.79 Å². The first-order chi connectivity index (χ1) is 12.7. The molecule has 4 aromatic rings. The van der Waals surface area contributed by atoms with Crippen LogP contribution >= 0.6 is 11.3 Å². The molecule has 0 bridgehead atoms. The maximum absolute atomic E-state index is 13.0. The normalized spacial score (nSPS) is 13.4. The summed E-state index contributed by atoms with van der Waals surface area (Å²) in [5, 5.41) is 5.94. The fourth-order valence-corrected chi connectivity index (χ4v) is 3.70. The van der Waals surface area contributed by atoms with Crippen LogP contribution in [0.4, 0.5) is 0 Å². The van der Waals surface area contributed by atoms with E-state index >= 15 is 0 Å². The predicted octanol–water partition coefficient (Wildman–Crippen LogP) is 3.96. The Kier molecular flexibility index (Phi) is 4.50. The quantitative estimate of drug-likeness (QED) is 0.585. The molecule has 0 aliphatic carbocycles. The predicted molar refractivity (Wildman–Crippen MR) is 103 cm³/mol. The zero-order valence-corrected chi connectivity index (χ0v) is 15.1. The molecule has 0 radical (unpaired) electrons. The van der Waals surface area contributed by atoms with Gasteiger partial charge in [0.15, 0.2) is 0 Å². The second-order valence-corrected chi connectivity index (χ2v) is 6.97. The van der Waals surface area contributed by atoms with Gasteiger partial charge in [0.05, 0.1) is 17.4 Å². The SMILES string of the molecule is C[C@@H](C(=O)N[C@H](c1ccccc1)c1nccs1)n1cnc2ccccc21. The minimum absolute atomic E-state index is 0.0720. The van der Waals surface area contributed by atoms with Crippen molar-refractivity contribution in [3.05, 3.63) is 83.1 Å². The molecule has 6 heteroatoms. The van der Waals surface area contributed by atoms with Crippen molar-refractivity contribution in [2.24, 2.45) is 0 Å². The maximum Gasteiger partial charge on any atom is 0.243 e. The molecular weight excluding hydrogens is 344 g/mol. The van der Waals surface area contributed by atoms with E-state index in [0.717, 1.165) is 21.6 Å². The van der Waals surface area contributed by atoms with Crippen LogP contribution < -0.4 is 5.32 Å². The highest BCUT2D eigenvalue weighted by molar-refractivity contribution is 7.09. The number of nitrogens with one attached hydrogen (secondary N) is 1. The van der Waals surface area contributed by atoms with Gasteiger partial charge in [-0.3, -0.25) is 4.79 Å².